The molecule has 0 radical (unpaired) electrons. The van der Waals surface area contributed by atoms with Gasteiger partial charge in [0.15, 0.2) is 0 Å². The van der Waals surface area contributed by atoms with Gasteiger partial charge in [-0.05, 0) is 19.3 Å². The number of ether oxygens (including phenoxy) is 1. The number of hydrogen-bond donors (Lipinski definition) is 2. The molecule has 0 saturated carbocycles. The van der Waals surface area contributed by atoms with E-state index in [1.165, 1.54) is 0 Å². The van der Waals surface area contributed by atoms with E-state index in [2.05, 4.69) is 17.3 Å². The number of carbonyl (C=O) groups excluding carboxylic acids is 1. The third-order valence-electron chi connectivity index (χ3n) is 3.44. The molecule has 0 aliphatic carbocycles. The Morgan fingerprint density at radius 1 is 1.63 bits per heavy atom. The number of aryl methyl sites for hydroxylation is 2. The topological polar surface area (TPSA) is 82.2 Å². The molecule has 6 nitrogen and oxygen atoms in total. The van der Waals surface area contributed by atoms with Crippen LogP contribution < -0.4 is 11.1 Å². The van der Waals surface area contributed by atoms with E-state index in [0.717, 1.165) is 30.5 Å². The van der Waals surface area contributed by atoms with Crippen LogP contribution in [0.15, 0.2) is 6.20 Å². The van der Waals surface area contributed by atoms with Crippen LogP contribution in [0.4, 0.5) is 0 Å². The molecule has 1 aliphatic heterocycles. The van der Waals surface area contributed by atoms with Gasteiger partial charge in [0.05, 0.1) is 11.8 Å². The lowest BCUT2D eigenvalue weighted by atomic mass is 10.1. The maximum Gasteiger partial charge on any atom is 0.249 e. The number of rotatable bonds is 5. The summed E-state index contributed by atoms with van der Waals surface area (Å²) >= 11 is 0. The fourth-order valence-corrected chi connectivity index (χ4v) is 2.40. The second-order valence-electron chi connectivity index (χ2n) is 4.91. The van der Waals surface area contributed by atoms with Crippen LogP contribution in [0.3, 0.4) is 0 Å². The number of nitrogens with two attached hydrogens (primary N) is 1. The summed E-state index contributed by atoms with van der Waals surface area (Å²) in [5.41, 5.74) is 7.62. The molecule has 1 aromatic heterocycles. The van der Waals surface area contributed by atoms with Gasteiger partial charge in [-0.25, -0.2) is 0 Å². The quantitative estimate of drug-likeness (QED) is 0.792. The van der Waals surface area contributed by atoms with Crippen LogP contribution in [0.2, 0.25) is 0 Å². The van der Waals surface area contributed by atoms with E-state index < -0.39 is 0 Å². The number of nitrogens with one attached hydrogen (secondary N) is 1. The molecule has 1 aliphatic rings. The van der Waals surface area contributed by atoms with Crippen molar-refractivity contribution in [2.45, 2.75) is 44.9 Å². The van der Waals surface area contributed by atoms with E-state index >= 15 is 0 Å². The van der Waals surface area contributed by atoms with Crippen LogP contribution in [0, 0.1) is 0 Å². The van der Waals surface area contributed by atoms with Crippen molar-refractivity contribution in [3.8, 4) is 0 Å². The van der Waals surface area contributed by atoms with Gasteiger partial charge in [-0.1, -0.05) is 6.92 Å². The molecular weight excluding hydrogens is 244 g/mol. The van der Waals surface area contributed by atoms with Crippen molar-refractivity contribution >= 4 is 5.91 Å². The van der Waals surface area contributed by atoms with Crippen LogP contribution in [0.5, 0.6) is 0 Å². The molecule has 0 bridgehead atoms. The van der Waals surface area contributed by atoms with Gasteiger partial charge in [0.2, 0.25) is 5.91 Å². The molecule has 0 aromatic carbocycles. The summed E-state index contributed by atoms with van der Waals surface area (Å²) in [6.45, 7) is 3.04. The summed E-state index contributed by atoms with van der Waals surface area (Å²) in [5.74, 6) is -0.0538. The Balaban J connectivity index is 1.86. The summed E-state index contributed by atoms with van der Waals surface area (Å²) in [6.07, 6.45) is 4.09. The van der Waals surface area contributed by atoms with Crippen LogP contribution in [-0.2, 0) is 29.5 Å². The zero-order valence-corrected chi connectivity index (χ0v) is 11.6. The summed E-state index contributed by atoms with van der Waals surface area (Å²) in [5, 5.41) is 7.26. The van der Waals surface area contributed by atoms with Crippen molar-refractivity contribution in [1.82, 2.24) is 15.1 Å². The first-order valence-electron chi connectivity index (χ1n) is 6.78. The van der Waals surface area contributed by atoms with E-state index in [1.54, 1.807) is 4.68 Å². The Labute approximate surface area is 113 Å². The van der Waals surface area contributed by atoms with Gasteiger partial charge in [-0.15, -0.1) is 0 Å². The smallest absolute Gasteiger partial charge is 0.249 e. The Morgan fingerprint density at radius 3 is 3.05 bits per heavy atom. The molecule has 6 heteroatoms. The van der Waals surface area contributed by atoms with E-state index in [4.69, 9.17) is 10.5 Å². The average Bonchev–Trinajstić information content (AvgIpc) is 3.01. The number of nitrogens with zero attached hydrogens (tertiary/aromatic N) is 2. The molecule has 1 saturated heterocycles. The molecule has 19 heavy (non-hydrogen) atoms. The molecule has 1 fully saturated rings. The second-order valence-corrected chi connectivity index (χ2v) is 4.91. The predicted molar refractivity (Wildman–Crippen MR) is 71.4 cm³/mol. The SMILES string of the molecule is CCc1nn(C)cc1CNC(=O)C1CCC(CN)O1. The zero-order chi connectivity index (χ0) is 13.8. The van der Waals surface area contributed by atoms with Gasteiger partial charge >= 0.3 is 0 Å². The maximum atomic E-state index is 12.0. The Morgan fingerprint density at radius 2 is 2.42 bits per heavy atom. The maximum absolute atomic E-state index is 12.0. The third kappa shape index (κ3) is 3.33. The first-order chi connectivity index (χ1) is 9.13. The van der Waals surface area contributed by atoms with Crippen LogP contribution in [-0.4, -0.2) is 34.4 Å². The minimum atomic E-state index is -0.352. The van der Waals surface area contributed by atoms with Crippen molar-refractivity contribution in [2.24, 2.45) is 12.8 Å². The highest BCUT2D eigenvalue weighted by atomic mass is 16.5. The highest BCUT2D eigenvalue weighted by Crippen LogP contribution is 2.19. The van der Waals surface area contributed by atoms with Gasteiger partial charge in [0.1, 0.15) is 6.10 Å². The minimum absolute atomic E-state index is 0.0281. The molecule has 2 rings (SSSR count). The normalized spacial score (nSPS) is 22.7. The van der Waals surface area contributed by atoms with Crippen molar-refractivity contribution in [1.29, 1.82) is 0 Å². The third-order valence-corrected chi connectivity index (χ3v) is 3.44. The van der Waals surface area contributed by atoms with Gasteiger partial charge in [-0.3, -0.25) is 9.48 Å². The summed E-state index contributed by atoms with van der Waals surface area (Å²) in [7, 11) is 1.89. The van der Waals surface area contributed by atoms with E-state index in [1.807, 2.05) is 13.2 Å². The predicted octanol–water partition coefficient (Wildman–Crippen LogP) is 0.105. The fraction of sp³-hybridized carbons (Fsp3) is 0.692. The Kier molecular flexibility index (Phi) is 4.55. The van der Waals surface area contributed by atoms with Gasteiger partial charge < -0.3 is 15.8 Å². The van der Waals surface area contributed by atoms with Gasteiger partial charge in [-0.2, -0.15) is 5.10 Å². The molecule has 106 valence electrons. The molecule has 2 heterocycles. The Hall–Kier alpha value is -1.40. The summed E-state index contributed by atoms with van der Waals surface area (Å²) in [6, 6.07) is 0. The number of aromatic nitrogens is 2. The van der Waals surface area contributed by atoms with Crippen molar-refractivity contribution < 1.29 is 9.53 Å². The van der Waals surface area contributed by atoms with E-state index in [9.17, 15) is 4.79 Å². The zero-order valence-electron chi connectivity index (χ0n) is 11.6. The van der Waals surface area contributed by atoms with Gasteiger partial charge in [0, 0.05) is 31.9 Å². The molecule has 2 atom stereocenters. The highest BCUT2D eigenvalue weighted by molar-refractivity contribution is 5.81. The molecule has 1 amide bonds. The molecule has 3 N–H and O–H groups in total. The number of carbonyl (C=O) groups is 1. The second kappa shape index (κ2) is 6.16. The summed E-state index contributed by atoms with van der Waals surface area (Å²) in [4.78, 5) is 12.0. The van der Waals surface area contributed by atoms with Crippen LogP contribution >= 0.6 is 0 Å². The lowest BCUT2D eigenvalue weighted by molar-refractivity contribution is -0.132. The first-order valence-corrected chi connectivity index (χ1v) is 6.78. The van der Waals surface area contributed by atoms with Crippen LogP contribution in [0.25, 0.3) is 0 Å². The molecule has 2 unspecified atom stereocenters. The highest BCUT2D eigenvalue weighted by Gasteiger charge is 2.29. The van der Waals surface area contributed by atoms with Crippen molar-refractivity contribution in [3.63, 3.8) is 0 Å². The summed E-state index contributed by atoms with van der Waals surface area (Å²) < 4.78 is 7.34. The lowest BCUT2D eigenvalue weighted by Gasteiger charge is -2.12. The van der Waals surface area contributed by atoms with Crippen molar-refractivity contribution in [2.75, 3.05) is 6.54 Å². The lowest BCUT2D eigenvalue weighted by Crippen LogP contribution is -2.35. The van der Waals surface area contributed by atoms with E-state index in [0.29, 0.717) is 13.1 Å². The van der Waals surface area contributed by atoms with Crippen molar-refractivity contribution in [3.05, 3.63) is 17.5 Å². The average molecular weight is 266 g/mol. The monoisotopic (exact) mass is 266 g/mol. The van der Waals surface area contributed by atoms with Gasteiger partial charge in [0.25, 0.3) is 0 Å². The number of hydrogen-bond acceptors (Lipinski definition) is 4. The molecular formula is C13H22N4O2. The standard InChI is InChI=1S/C13H22N4O2/c1-3-11-9(8-17(2)16-11)7-15-13(18)12-5-4-10(6-14)19-12/h8,10,12H,3-7,14H2,1-2H3,(H,15,18). The molecule has 0 spiro atoms. The number of amides is 1. The molecule has 1 aromatic rings. The van der Waals surface area contributed by atoms with E-state index in [-0.39, 0.29) is 18.1 Å². The fourth-order valence-electron chi connectivity index (χ4n) is 2.40. The minimum Gasteiger partial charge on any atom is -0.364 e. The largest absolute Gasteiger partial charge is 0.364 e. The first kappa shape index (κ1) is 14.0. The van der Waals surface area contributed by atoms with Crippen LogP contribution in [0.1, 0.15) is 31.0 Å². The Bertz CT molecular complexity index is 444.